The van der Waals surface area contributed by atoms with Gasteiger partial charge in [0, 0.05) is 32.8 Å². The van der Waals surface area contributed by atoms with Gasteiger partial charge in [0.2, 0.25) is 5.96 Å². The standard InChI is InChI=1S/C15H24N4O/c1-2-20-11-5-9-17-15(18-16)19-10-8-13-6-3-4-7-14(13)12-19/h3-4,6-7H,2,5,8-12,16H2,1H3,(H,17,18). The van der Waals surface area contributed by atoms with Gasteiger partial charge in [-0.2, -0.15) is 0 Å². The molecule has 0 aliphatic carbocycles. The summed E-state index contributed by atoms with van der Waals surface area (Å²) in [6.45, 7) is 6.06. The number of guanidine groups is 1. The molecule has 0 bridgehead atoms. The minimum atomic E-state index is 0.734. The highest BCUT2D eigenvalue weighted by Gasteiger charge is 2.18. The second kappa shape index (κ2) is 7.87. The summed E-state index contributed by atoms with van der Waals surface area (Å²) in [5, 5.41) is 0. The number of ether oxygens (including phenoxy) is 1. The van der Waals surface area contributed by atoms with Gasteiger partial charge in [-0.3, -0.25) is 10.4 Å². The van der Waals surface area contributed by atoms with E-state index in [9.17, 15) is 0 Å². The number of hydrazine groups is 1. The summed E-state index contributed by atoms with van der Waals surface area (Å²) in [6.07, 6.45) is 1.96. The van der Waals surface area contributed by atoms with Crippen LogP contribution in [0.25, 0.3) is 0 Å². The Bertz CT molecular complexity index is 447. The first-order chi connectivity index (χ1) is 9.85. The largest absolute Gasteiger partial charge is 0.382 e. The molecule has 0 saturated heterocycles. The second-order valence-corrected chi connectivity index (χ2v) is 4.84. The molecule has 0 spiro atoms. The van der Waals surface area contributed by atoms with Crippen molar-refractivity contribution in [2.45, 2.75) is 26.3 Å². The lowest BCUT2D eigenvalue weighted by atomic mass is 10.0. The Morgan fingerprint density at radius 1 is 1.40 bits per heavy atom. The van der Waals surface area contributed by atoms with Crippen molar-refractivity contribution in [3.05, 3.63) is 35.4 Å². The molecule has 0 atom stereocenters. The minimum Gasteiger partial charge on any atom is -0.382 e. The van der Waals surface area contributed by atoms with Crippen LogP contribution in [0.1, 0.15) is 24.5 Å². The van der Waals surface area contributed by atoms with E-state index in [0.29, 0.717) is 0 Å². The van der Waals surface area contributed by atoms with Crippen molar-refractivity contribution in [3.63, 3.8) is 0 Å². The van der Waals surface area contributed by atoms with Gasteiger partial charge in [-0.25, -0.2) is 5.84 Å². The lowest BCUT2D eigenvalue weighted by Gasteiger charge is -2.30. The summed E-state index contributed by atoms with van der Waals surface area (Å²) in [5.41, 5.74) is 5.51. The zero-order chi connectivity index (χ0) is 14.2. The Morgan fingerprint density at radius 2 is 2.20 bits per heavy atom. The molecule has 0 radical (unpaired) electrons. The van der Waals surface area contributed by atoms with Crippen LogP contribution in [0.3, 0.4) is 0 Å². The molecule has 2 rings (SSSR count). The summed E-state index contributed by atoms with van der Waals surface area (Å²) in [4.78, 5) is 6.73. The molecule has 1 aliphatic rings. The third-order valence-electron chi connectivity index (χ3n) is 3.47. The predicted molar refractivity (Wildman–Crippen MR) is 81.3 cm³/mol. The van der Waals surface area contributed by atoms with E-state index in [1.165, 1.54) is 11.1 Å². The molecule has 5 heteroatoms. The molecule has 1 aromatic rings. The zero-order valence-electron chi connectivity index (χ0n) is 12.1. The smallest absolute Gasteiger partial charge is 0.208 e. The fourth-order valence-corrected chi connectivity index (χ4v) is 2.41. The van der Waals surface area contributed by atoms with E-state index in [4.69, 9.17) is 10.6 Å². The lowest BCUT2D eigenvalue weighted by Crippen LogP contribution is -2.47. The molecular weight excluding hydrogens is 252 g/mol. The fraction of sp³-hybridized carbons (Fsp3) is 0.533. The van der Waals surface area contributed by atoms with Crippen LogP contribution in [-0.2, 0) is 17.7 Å². The van der Waals surface area contributed by atoms with Crippen LogP contribution in [0, 0.1) is 0 Å². The average molecular weight is 276 g/mol. The Balaban J connectivity index is 1.91. The normalized spacial score (nSPS) is 15.1. The summed E-state index contributed by atoms with van der Waals surface area (Å²) in [7, 11) is 0. The summed E-state index contributed by atoms with van der Waals surface area (Å²) >= 11 is 0. The maximum atomic E-state index is 5.61. The first-order valence-corrected chi connectivity index (χ1v) is 7.25. The molecule has 0 saturated carbocycles. The summed E-state index contributed by atoms with van der Waals surface area (Å²) < 4.78 is 5.31. The molecule has 5 nitrogen and oxygen atoms in total. The average Bonchev–Trinajstić information content (AvgIpc) is 2.50. The number of hydrogen-bond acceptors (Lipinski definition) is 3. The monoisotopic (exact) mass is 276 g/mol. The Morgan fingerprint density at radius 3 is 2.95 bits per heavy atom. The van der Waals surface area contributed by atoms with E-state index in [1.54, 1.807) is 0 Å². The molecule has 110 valence electrons. The molecule has 0 fully saturated rings. The fourth-order valence-electron chi connectivity index (χ4n) is 2.41. The van der Waals surface area contributed by atoms with Gasteiger partial charge in [0.05, 0.1) is 0 Å². The maximum Gasteiger partial charge on any atom is 0.208 e. The second-order valence-electron chi connectivity index (χ2n) is 4.84. The minimum absolute atomic E-state index is 0.734. The Kier molecular flexibility index (Phi) is 5.83. The molecule has 0 amide bonds. The maximum absolute atomic E-state index is 5.61. The van der Waals surface area contributed by atoms with Crippen molar-refractivity contribution >= 4 is 5.96 Å². The van der Waals surface area contributed by atoms with Gasteiger partial charge in [0.1, 0.15) is 0 Å². The molecule has 20 heavy (non-hydrogen) atoms. The van der Waals surface area contributed by atoms with E-state index in [-0.39, 0.29) is 0 Å². The van der Waals surface area contributed by atoms with Gasteiger partial charge in [-0.15, -0.1) is 0 Å². The molecular formula is C15H24N4O. The molecule has 1 heterocycles. The summed E-state index contributed by atoms with van der Waals surface area (Å²) in [5.74, 6) is 6.38. The number of benzene rings is 1. The van der Waals surface area contributed by atoms with Crippen molar-refractivity contribution in [1.82, 2.24) is 10.3 Å². The van der Waals surface area contributed by atoms with Crippen molar-refractivity contribution in [1.29, 1.82) is 0 Å². The molecule has 1 aromatic carbocycles. The number of nitrogens with two attached hydrogens (primary N) is 1. The van der Waals surface area contributed by atoms with Crippen LogP contribution in [0.15, 0.2) is 29.3 Å². The predicted octanol–water partition coefficient (Wildman–Crippen LogP) is 1.29. The SMILES string of the molecule is CCOCCCN=C(NN)N1CCc2ccccc2C1. The molecule has 0 aromatic heterocycles. The third-order valence-corrected chi connectivity index (χ3v) is 3.47. The van der Waals surface area contributed by atoms with Crippen molar-refractivity contribution < 1.29 is 4.74 Å². The topological polar surface area (TPSA) is 62.9 Å². The number of nitrogens with one attached hydrogen (secondary N) is 1. The highest BCUT2D eigenvalue weighted by Crippen LogP contribution is 2.18. The van der Waals surface area contributed by atoms with E-state index in [2.05, 4.69) is 39.6 Å². The van der Waals surface area contributed by atoms with Gasteiger partial charge in [-0.05, 0) is 30.9 Å². The van der Waals surface area contributed by atoms with Crippen LogP contribution in [-0.4, -0.2) is 37.2 Å². The zero-order valence-corrected chi connectivity index (χ0v) is 12.1. The number of rotatable bonds is 5. The van der Waals surface area contributed by atoms with Crippen molar-refractivity contribution in [2.75, 3.05) is 26.3 Å². The van der Waals surface area contributed by atoms with E-state index >= 15 is 0 Å². The van der Waals surface area contributed by atoms with Crippen molar-refractivity contribution in [3.8, 4) is 0 Å². The molecule has 1 aliphatic heterocycles. The van der Waals surface area contributed by atoms with E-state index < -0.39 is 0 Å². The quantitative estimate of drug-likeness (QED) is 0.280. The first-order valence-electron chi connectivity index (χ1n) is 7.25. The molecule has 0 unspecified atom stereocenters. The Labute approximate surface area is 120 Å². The number of nitrogens with zero attached hydrogens (tertiary/aromatic N) is 2. The van der Waals surface area contributed by atoms with Crippen molar-refractivity contribution in [2.24, 2.45) is 10.8 Å². The Hall–Kier alpha value is -1.59. The van der Waals surface area contributed by atoms with Gasteiger partial charge in [0.25, 0.3) is 0 Å². The van der Waals surface area contributed by atoms with Crippen LogP contribution in [0.2, 0.25) is 0 Å². The van der Waals surface area contributed by atoms with Gasteiger partial charge in [-0.1, -0.05) is 24.3 Å². The van der Waals surface area contributed by atoms with Crippen LogP contribution >= 0.6 is 0 Å². The number of hydrogen-bond donors (Lipinski definition) is 2. The summed E-state index contributed by atoms with van der Waals surface area (Å²) in [6, 6.07) is 8.54. The lowest BCUT2D eigenvalue weighted by molar-refractivity contribution is 0.146. The van der Waals surface area contributed by atoms with E-state index in [1.807, 2.05) is 6.92 Å². The van der Waals surface area contributed by atoms with Gasteiger partial charge >= 0.3 is 0 Å². The van der Waals surface area contributed by atoms with E-state index in [0.717, 1.165) is 51.6 Å². The van der Waals surface area contributed by atoms with Crippen LogP contribution in [0.5, 0.6) is 0 Å². The number of aliphatic imine (C=N–C) groups is 1. The molecule has 3 N–H and O–H groups in total. The van der Waals surface area contributed by atoms with Crippen LogP contribution in [0.4, 0.5) is 0 Å². The highest BCUT2D eigenvalue weighted by atomic mass is 16.5. The van der Waals surface area contributed by atoms with Gasteiger partial charge < -0.3 is 9.64 Å². The third kappa shape index (κ3) is 3.95. The van der Waals surface area contributed by atoms with Crippen LogP contribution < -0.4 is 11.3 Å². The van der Waals surface area contributed by atoms with Gasteiger partial charge in [0.15, 0.2) is 0 Å². The highest BCUT2D eigenvalue weighted by molar-refractivity contribution is 5.79. The first kappa shape index (κ1) is 14.8. The number of fused-ring (bicyclic) bond motifs is 1.